The van der Waals surface area contributed by atoms with E-state index in [4.69, 9.17) is 0 Å². The predicted octanol–water partition coefficient (Wildman–Crippen LogP) is 4.21. The summed E-state index contributed by atoms with van der Waals surface area (Å²) in [5.74, 6) is 0. The summed E-state index contributed by atoms with van der Waals surface area (Å²) in [6, 6.07) is 21.2. The SMILES string of the molecule is Cc1ccc(S(=O)(=O)N2C[C@@H]3c4ccccc4CCN3[C@H]2c2cccc([N+](=O)[O-])c2)cc1. The average Bonchev–Trinajstić information content (AvgIpc) is 3.20. The van der Waals surface area contributed by atoms with Crippen molar-refractivity contribution < 1.29 is 13.3 Å². The van der Waals surface area contributed by atoms with Gasteiger partial charge >= 0.3 is 0 Å². The maximum absolute atomic E-state index is 13.8. The van der Waals surface area contributed by atoms with E-state index in [1.165, 1.54) is 22.0 Å². The minimum absolute atomic E-state index is 0.0453. The molecule has 164 valence electrons. The quantitative estimate of drug-likeness (QED) is 0.440. The summed E-state index contributed by atoms with van der Waals surface area (Å²) in [6.07, 6.45) is 0.191. The number of benzene rings is 3. The van der Waals surface area contributed by atoms with Crippen LogP contribution in [0.25, 0.3) is 0 Å². The van der Waals surface area contributed by atoms with Crippen LogP contribution in [0.4, 0.5) is 5.69 Å². The Kier molecular flexibility index (Phi) is 5.08. The minimum atomic E-state index is -3.82. The topological polar surface area (TPSA) is 83.8 Å². The monoisotopic (exact) mass is 449 g/mol. The number of aryl methyl sites for hydroxylation is 1. The molecule has 2 heterocycles. The van der Waals surface area contributed by atoms with Crippen LogP contribution in [0.5, 0.6) is 0 Å². The Bertz CT molecular complexity index is 1290. The van der Waals surface area contributed by atoms with Crippen molar-refractivity contribution in [2.75, 3.05) is 13.1 Å². The molecule has 0 bridgehead atoms. The van der Waals surface area contributed by atoms with Gasteiger partial charge in [0.15, 0.2) is 0 Å². The molecule has 1 saturated heterocycles. The molecule has 3 aromatic rings. The first-order valence-corrected chi connectivity index (χ1v) is 12.0. The fourth-order valence-corrected chi connectivity index (χ4v) is 6.43. The largest absolute Gasteiger partial charge is 0.274 e. The molecule has 0 saturated carbocycles. The van der Waals surface area contributed by atoms with E-state index < -0.39 is 21.1 Å². The van der Waals surface area contributed by atoms with Gasteiger partial charge < -0.3 is 0 Å². The predicted molar refractivity (Wildman–Crippen MR) is 121 cm³/mol. The highest BCUT2D eigenvalue weighted by atomic mass is 32.2. The van der Waals surface area contributed by atoms with Gasteiger partial charge in [0, 0.05) is 25.2 Å². The van der Waals surface area contributed by atoms with Crippen molar-refractivity contribution in [3.63, 3.8) is 0 Å². The molecule has 1 fully saturated rings. The number of nitrogens with zero attached hydrogens (tertiary/aromatic N) is 3. The second kappa shape index (κ2) is 7.81. The van der Waals surface area contributed by atoms with Crippen LogP contribution < -0.4 is 0 Å². The highest BCUT2D eigenvalue weighted by Gasteiger charge is 2.48. The zero-order chi connectivity index (χ0) is 22.5. The summed E-state index contributed by atoms with van der Waals surface area (Å²) in [6.45, 7) is 2.88. The van der Waals surface area contributed by atoms with Gasteiger partial charge in [-0.2, -0.15) is 4.31 Å². The Morgan fingerprint density at radius 3 is 2.50 bits per heavy atom. The van der Waals surface area contributed by atoms with Crippen molar-refractivity contribution in [3.8, 4) is 0 Å². The first kappa shape index (κ1) is 20.8. The Hall–Kier alpha value is -3.07. The molecule has 0 unspecified atom stereocenters. The highest BCUT2D eigenvalue weighted by Crippen LogP contribution is 2.47. The summed E-state index contributed by atoms with van der Waals surface area (Å²) >= 11 is 0. The van der Waals surface area contributed by atoms with Crippen molar-refractivity contribution in [2.24, 2.45) is 0 Å². The van der Waals surface area contributed by atoms with E-state index in [0.29, 0.717) is 18.7 Å². The lowest BCUT2D eigenvalue weighted by molar-refractivity contribution is -0.385. The van der Waals surface area contributed by atoms with E-state index in [1.54, 1.807) is 36.4 Å². The van der Waals surface area contributed by atoms with E-state index in [-0.39, 0.29) is 16.6 Å². The van der Waals surface area contributed by atoms with Gasteiger partial charge in [0.05, 0.1) is 15.9 Å². The maximum Gasteiger partial charge on any atom is 0.269 e. The van der Waals surface area contributed by atoms with Gasteiger partial charge in [-0.25, -0.2) is 8.42 Å². The standard InChI is InChI=1S/C24H23N3O4S/c1-17-9-11-21(12-10-17)32(30,31)26-16-23-22-8-3-2-5-18(22)13-14-25(23)24(26)19-6-4-7-20(15-19)27(28)29/h2-12,15,23-24H,13-14,16H2,1H3/t23-,24-/m1/s1. The molecule has 2 atom stereocenters. The van der Waals surface area contributed by atoms with Crippen LogP contribution in [-0.4, -0.2) is 35.6 Å². The molecule has 7 nitrogen and oxygen atoms in total. The molecule has 0 aliphatic carbocycles. The third-order valence-corrected chi connectivity index (χ3v) is 8.23. The zero-order valence-corrected chi connectivity index (χ0v) is 18.4. The van der Waals surface area contributed by atoms with Crippen LogP contribution in [0.2, 0.25) is 0 Å². The summed E-state index contributed by atoms with van der Waals surface area (Å²) in [5, 5.41) is 11.4. The third kappa shape index (κ3) is 3.40. The maximum atomic E-state index is 13.8. The molecule has 5 rings (SSSR count). The number of hydrogen-bond donors (Lipinski definition) is 0. The van der Waals surface area contributed by atoms with E-state index >= 15 is 0 Å². The number of non-ortho nitro benzene ring substituents is 1. The van der Waals surface area contributed by atoms with Crippen LogP contribution in [0.3, 0.4) is 0 Å². The smallest absolute Gasteiger partial charge is 0.269 e. The van der Waals surface area contributed by atoms with Crippen molar-refractivity contribution >= 4 is 15.7 Å². The molecule has 8 heteroatoms. The Morgan fingerprint density at radius 2 is 1.75 bits per heavy atom. The summed E-state index contributed by atoms with van der Waals surface area (Å²) in [5.41, 5.74) is 3.89. The number of nitro groups is 1. The molecule has 0 spiro atoms. The Labute approximate surface area is 187 Å². The van der Waals surface area contributed by atoms with Crippen molar-refractivity contribution in [3.05, 3.63) is 105 Å². The first-order valence-electron chi connectivity index (χ1n) is 10.5. The van der Waals surface area contributed by atoms with E-state index in [9.17, 15) is 18.5 Å². The van der Waals surface area contributed by atoms with Crippen LogP contribution in [0, 0.1) is 17.0 Å². The minimum Gasteiger partial charge on any atom is -0.274 e. The molecule has 32 heavy (non-hydrogen) atoms. The molecule has 2 aliphatic heterocycles. The van der Waals surface area contributed by atoms with Crippen molar-refractivity contribution in [1.29, 1.82) is 0 Å². The molecule has 0 amide bonds. The zero-order valence-electron chi connectivity index (χ0n) is 17.6. The lowest BCUT2D eigenvalue weighted by Crippen LogP contribution is -2.37. The van der Waals surface area contributed by atoms with Crippen molar-refractivity contribution in [2.45, 2.75) is 30.4 Å². The first-order chi connectivity index (χ1) is 15.4. The van der Waals surface area contributed by atoms with Crippen LogP contribution in [0.15, 0.2) is 77.7 Å². The van der Waals surface area contributed by atoms with Gasteiger partial charge in [0.25, 0.3) is 5.69 Å². The number of sulfonamides is 1. The second-order valence-corrected chi connectivity index (χ2v) is 10.2. The molecule has 2 aliphatic rings. The molecular weight excluding hydrogens is 426 g/mol. The van der Waals surface area contributed by atoms with E-state index in [1.807, 2.05) is 19.1 Å². The van der Waals surface area contributed by atoms with Gasteiger partial charge in [-0.05, 0) is 42.2 Å². The molecule has 3 aromatic carbocycles. The van der Waals surface area contributed by atoms with Gasteiger partial charge in [-0.15, -0.1) is 0 Å². The summed E-state index contributed by atoms with van der Waals surface area (Å²) in [7, 11) is -3.82. The average molecular weight is 450 g/mol. The second-order valence-electron chi connectivity index (χ2n) is 8.32. The Balaban J connectivity index is 1.65. The fourth-order valence-electron chi connectivity index (χ4n) is 4.83. The number of rotatable bonds is 4. The van der Waals surface area contributed by atoms with E-state index in [0.717, 1.165) is 17.5 Å². The summed E-state index contributed by atoms with van der Waals surface area (Å²) < 4.78 is 29.0. The lowest BCUT2D eigenvalue weighted by atomic mass is 9.93. The van der Waals surface area contributed by atoms with Gasteiger partial charge in [-0.3, -0.25) is 15.0 Å². The van der Waals surface area contributed by atoms with Gasteiger partial charge in [0.1, 0.15) is 6.17 Å². The molecule has 0 aromatic heterocycles. The van der Waals surface area contributed by atoms with Crippen molar-refractivity contribution in [1.82, 2.24) is 9.21 Å². The highest BCUT2D eigenvalue weighted by molar-refractivity contribution is 7.89. The fraction of sp³-hybridized carbons (Fsp3) is 0.250. The van der Waals surface area contributed by atoms with Crippen LogP contribution in [0.1, 0.15) is 34.5 Å². The van der Waals surface area contributed by atoms with Crippen LogP contribution in [-0.2, 0) is 16.4 Å². The number of nitro benzene ring substituents is 1. The normalized spacial score (nSPS) is 21.2. The van der Waals surface area contributed by atoms with Crippen LogP contribution >= 0.6 is 0 Å². The number of fused-ring (bicyclic) bond motifs is 3. The molecular formula is C24H23N3O4S. The van der Waals surface area contributed by atoms with E-state index in [2.05, 4.69) is 17.0 Å². The van der Waals surface area contributed by atoms with Gasteiger partial charge in [-0.1, -0.05) is 54.1 Å². The summed E-state index contributed by atoms with van der Waals surface area (Å²) in [4.78, 5) is 13.4. The number of hydrogen-bond acceptors (Lipinski definition) is 5. The Morgan fingerprint density at radius 1 is 1.00 bits per heavy atom. The lowest BCUT2D eigenvalue weighted by Gasteiger charge is -2.35. The molecule has 0 radical (unpaired) electrons. The van der Waals surface area contributed by atoms with Gasteiger partial charge in [0.2, 0.25) is 10.0 Å². The molecule has 0 N–H and O–H groups in total. The third-order valence-electron chi connectivity index (χ3n) is 6.40.